The molecule has 1 aromatic heterocycles. The molecule has 0 atom stereocenters. The van der Waals surface area contributed by atoms with Gasteiger partial charge in [0.05, 0.1) is 19.1 Å². The summed E-state index contributed by atoms with van der Waals surface area (Å²) in [6.07, 6.45) is 6.64. The fourth-order valence-corrected chi connectivity index (χ4v) is 5.31. The van der Waals surface area contributed by atoms with Crippen molar-refractivity contribution < 1.29 is 18.7 Å². The predicted octanol–water partition coefficient (Wildman–Crippen LogP) is 4.39. The van der Waals surface area contributed by atoms with E-state index in [0.29, 0.717) is 39.6 Å². The molecule has 3 heterocycles. The first-order valence-electron chi connectivity index (χ1n) is 11.2. The van der Waals surface area contributed by atoms with Crippen molar-refractivity contribution >= 4 is 46.2 Å². The number of oxazole rings is 1. The molecule has 0 N–H and O–H groups in total. The number of amides is 1. The Bertz CT molecular complexity index is 1150. The van der Waals surface area contributed by atoms with Crippen LogP contribution in [0.2, 0.25) is 0 Å². The Kier molecular flexibility index (Phi) is 7.75. The summed E-state index contributed by atoms with van der Waals surface area (Å²) in [5, 5.41) is 9.54. The van der Waals surface area contributed by atoms with Gasteiger partial charge >= 0.3 is 0 Å². The average molecular weight is 499 g/mol. The molecule has 0 unspecified atom stereocenters. The zero-order chi connectivity index (χ0) is 24.1. The van der Waals surface area contributed by atoms with Crippen molar-refractivity contribution in [3.05, 3.63) is 40.3 Å². The summed E-state index contributed by atoms with van der Waals surface area (Å²) in [5.41, 5.74) is 1.25. The highest BCUT2D eigenvalue weighted by Gasteiger charge is 2.32. The number of benzene rings is 1. The van der Waals surface area contributed by atoms with Crippen LogP contribution in [0.1, 0.15) is 42.8 Å². The minimum absolute atomic E-state index is 0.191. The van der Waals surface area contributed by atoms with Crippen LogP contribution in [0, 0.1) is 11.3 Å². The number of nitriles is 1. The van der Waals surface area contributed by atoms with Gasteiger partial charge in [-0.1, -0.05) is 42.9 Å². The molecule has 0 spiro atoms. The van der Waals surface area contributed by atoms with Crippen LogP contribution in [0.3, 0.4) is 0 Å². The van der Waals surface area contributed by atoms with Gasteiger partial charge in [-0.25, -0.2) is 0 Å². The third kappa shape index (κ3) is 5.21. The SMILES string of the molecule is COc1ccc(CCN2C(=O)/C(=C\c3nc(C#N)c(N4CCCCCC4)o3)SC2=S)cc1OC. The van der Waals surface area contributed by atoms with Crippen molar-refractivity contribution in [3.8, 4) is 17.6 Å². The van der Waals surface area contributed by atoms with E-state index in [2.05, 4.69) is 16.0 Å². The molecular formula is C24H26N4O4S2. The van der Waals surface area contributed by atoms with E-state index in [4.69, 9.17) is 26.1 Å². The van der Waals surface area contributed by atoms with Crippen LogP contribution in [-0.2, 0) is 11.2 Å². The number of carbonyl (C=O) groups is 1. The largest absolute Gasteiger partial charge is 0.493 e. The van der Waals surface area contributed by atoms with E-state index in [1.165, 1.54) is 24.6 Å². The fraction of sp³-hybridized carbons (Fsp3) is 0.417. The maximum atomic E-state index is 13.0. The Morgan fingerprint density at radius 3 is 2.62 bits per heavy atom. The third-order valence-corrected chi connectivity index (χ3v) is 7.20. The summed E-state index contributed by atoms with van der Waals surface area (Å²) >= 11 is 6.67. The van der Waals surface area contributed by atoms with Crippen LogP contribution >= 0.6 is 24.0 Å². The lowest BCUT2D eigenvalue weighted by atomic mass is 10.1. The van der Waals surface area contributed by atoms with Crippen molar-refractivity contribution in [1.29, 1.82) is 5.26 Å². The number of ether oxygens (including phenoxy) is 2. The number of thioether (sulfide) groups is 1. The Morgan fingerprint density at radius 2 is 1.94 bits per heavy atom. The summed E-state index contributed by atoms with van der Waals surface area (Å²) in [4.78, 5) is 21.4. The highest BCUT2D eigenvalue weighted by Crippen LogP contribution is 2.34. The summed E-state index contributed by atoms with van der Waals surface area (Å²) in [6.45, 7) is 2.11. The number of methoxy groups -OCH3 is 2. The van der Waals surface area contributed by atoms with E-state index in [1.54, 1.807) is 25.2 Å². The fourth-order valence-electron chi connectivity index (χ4n) is 4.03. The van der Waals surface area contributed by atoms with Gasteiger partial charge in [-0.05, 0) is 37.0 Å². The second-order valence-corrected chi connectivity index (χ2v) is 9.67. The van der Waals surface area contributed by atoms with Crippen molar-refractivity contribution in [3.63, 3.8) is 0 Å². The number of hydrogen-bond acceptors (Lipinski definition) is 9. The van der Waals surface area contributed by atoms with E-state index in [1.807, 2.05) is 18.2 Å². The molecule has 2 fully saturated rings. The van der Waals surface area contributed by atoms with Gasteiger partial charge in [-0.15, -0.1) is 0 Å². The lowest BCUT2D eigenvalue weighted by Gasteiger charge is -2.18. The monoisotopic (exact) mass is 498 g/mol. The summed E-state index contributed by atoms with van der Waals surface area (Å²) in [5.74, 6) is 1.84. The molecule has 10 heteroatoms. The van der Waals surface area contributed by atoms with Crippen LogP contribution in [0.15, 0.2) is 27.5 Å². The number of anilines is 1. The van der Waals surface area contributed by atoms with Crippen molar-refractivity contribution in [2.24, 2.45) is 0 Å². The molecule has 4 rings (SSSR count). The van der Waals surface area contributed by atoms with Crippen LogP contribution in [0.5, 0.6) is 11.5 Å². The summed E-state index contributed by atoms with van der Waals surface area (Å²) in [7, 11) is 3.18. The molecule has 34 heavy (non-hydrogen) atoms. The highest BCUT2D eigenvalue weighted by molar-refractivity contribution is 8.26. The first-order chi connectivity index (χ1) is 16.5. The van der Waals surface area contributed by atoms with E-state index >= 15 is 0 Å². The van der Waals surface area contributed by atoms with Crippen molar-refractivity contribution in [2.75, 3.05) is 38.8 Å². The molecule has 2 aliphatic heterocycles. The minimum atomic E-state index is -0.191. The first kappa shape index (κ1) is 24.1. The standard InChI is InChI=1S/C24H26N4O4S2/c1-30-18-8-7-16(13-19(18)31-2)9-12-28-22(29)20(34-24(28)33)14-21-26-17(15-25)23(32-21)27-10-5-3-4-6-11-27/h7-8,13-14H,3-6,9-12H2,1-2H3/b20-14+. The molecular weight excluding hydrogens is 472 g/mol. The van der Waals surface area contributed by atoms with Crippen molar-refractivity contribution in [1.82, 2.24) is 9.88 Å². The number of carbonyl (C=O) groups excluding carboxylic acids is 1. The van der Waals surface area contributed by atoms with Gasteiger partial charge < -0.3 is 18.8 Å². The lowest BCUT2D eigenvalue weighted by molar-refractivity contribution is -0.122. The Balaban J connectivity index is 1.47. The molecule has 0 bridgehead atoms. The number of hydrogen-bond donors (Lipinski definition) is 0. The van der Waals surface area contributed by atoms with Gasteiger partial charge in [0.1, 0.15) is 10.4 Å². The van der Waals surface area contributed by atoms with Gasteiger partial charge in [-0.3, -0.25) is 9.69 Å². The van der Waals surface area contributed by atoms with E-state index in [0.717, 1.165) is 31.5 Å². The Hall–Kier alpha value is -3.03. The number of nitrogens with zero attached hydrogens (tertiary/aromatic N) is 4. The van der Waals surface area contributed by atoms with Crippen molar-refractivity contribution in [2.45, 2.75) is 32.1 Å². The predicted molar refractivity (Wildman–Crippen MR) is 135 cm³/mol. The molecule has 178 valence electrons. The molecule has 0 radical (unpaired) electrons. The molecule has 1 amide bonds. The van der Waals surface area contributed by atoms with Gasteiger partial charge in [-0.2, -0.15) is 10.2 Å². The summed E-state index contributed by atoms with van der Waals surface area (Å²) < 4.78 is 17.0. The lowest BCUT2D eigenvalue weighted by Crippen LogP contribution is -2.30. The van der Waals surface area contributed by atoms with Gasteiger partial charge in [0.25, 0.3) is 5.91 Å². The van der Waals surface area contributed by atoms with E-state index in [9.17, 15) is 10.1 Å². The van der Waals surface area contributed by atoms with E-state index < -0.39 is 0 Å². The second kappa shape index (κ2) is 10.9. The maximum absolute atomic E-state index is 13.0. The molecule has 2 saturated heterocycles. The average Bonchev–Trinajstić information content (AvgIpc) is 3.23. The Morgan fingerprint density at radius 1 is 1.21 bits per heavy atom. The van der Waals surface area contributed by atoms with Crippen LogP contribution in [0.25, 0.3) is 6.08 Å². The number of rotatable bonds is 7. The smallest absolute Gasteiger partial charge is 0.266 e. The molecule has 2 aliphatic rings. The molecule has 1 aromatic carbocycles. The van der Waals surface area contributed by atoms with Crippen LogP contribution < -0.4 is 14.4 Å². The maximum Gasteiger partial charge on any atom is 0.266 e. The zero-order valence-electron chi connectivity index (χ0n) is 19.2. The van der Waals surface area contributed by atoms with Gasteiger partial charge in [0.2, 0.25) is 17.5 Å². The minimum Gasteiger partial charge on any atom is -0.493 e. The highest BCUT2D eigenvalue weighted by atomic mass is 32.2. The molecule has 2 aromatic rings. The van der Waals surface area contributed by atoms with Gasteiger partial charge in [0.15, 0.2) is 11.5 Å². The number of thiocarbonyl (C=S) groups is 1. The topological polar surface area (TPSA) is 91.8 Å². The quantitative estimate of drug-likeness (QED) is 0.407. The third-order valence-electron chi connectivity index (χ3n) is 5.83. The summed E-state index contributed by atoms with van der Waals surface area (Å²) in [6, 6.07) is 7.80. The molecule has 8 nitrogen and oxygen atoms in total. The molecule has 0 saturated carbocycles. The Labute approximate surface area is 208 Å². The van der Waals surface area contributed by atoms with Crippen LogP contribution in [0.4, 0.5) is 5.88 Å². The van der Waals surface area contributed by atoms with Crippen LogP contribution in [-0.4, -0.2) is 54.0 Å². The first-order valence-corrected chi connectivity index (χ1v) is 12.4. The van der Waals surface area contributed by atoms with E-state index in [-0.39, 0.29) is 17.5 Å². The van der Waals surface area contributed by atoms with Gasteiger partial charge in [0, 0.05) is 25.7 Å². The zero-order valence-corrected chi connectivity index (χ0v) is 20.8. The molecule has 0 aliphatic carbocycles. The second-order valence-electron chi connectivity index (χ2n) is 7.99. The number of aromatic nitrogens is 1. The normalized spacial score (nSPS) is 17.7.